The molecule has 1 rings (SSSR count). The van der Waals surface area contributed by atoms with Gasteiger partial charge in [0.05, 0.1) is 0 Å². The molecular weight excluding hydrogens is 205 g/mol. The Morgan fingerprint density at radius 2 is 2.31 bits per heavy atom. The topological polar surface area (TPSA) is 21.3 Å². The number of rotatable bonds is 7. The molecule has 0 saturated carbocycles. The first-order valence-corrected chi connectivity index (χ1v) is 5.48. The van der Waals surface area contributed by atoms with E-state index in [-0.39, 0.29) is 5.82 Å². The fourth-order valence-electron chi connectivity index (χ4n) is 1.24. The van der Waals surface area contributed by atoms with Crippen LogP contribution < -0.4 is 10.1 Å². The van der Waals surface area contributed by atoms with Crippen LogP contribution in [0.25, 0.3) is 0 Å². The fraction of sp³-hybridized carbons (Fsp3) is 0.385. The van der Waals surface area contributed by atoms with Gasteiger partial charge in [-0.1, -0.05) is 19.6 Å². The maximum absolute atomic E-state index is 12.8. The Morgan fingerprint density at radius 1 is 1.50 bits per heavy atom. The molecule has 0 saturated heterocycles. The molecule has 2 nitrogen and oxygen atoms in total. The van der Waals surface area contributed by atoms with Crippen LogP contribution in [0.15, 0.2) is 36.4 Å². The van der Waals surface area contributed by atoms with Crippen LogP contribution in [0, 0.1) is 5.82 Å². The largest absolute Gasteiger partial charge is 0.489 e. The average Bonchev–Trinajstić information content (AvgIpc) is 2.27. The lowest BCUT2D eigenvalue weighted by Gasteiger charge is -2.09. The zero-order valence-corrected chi connectivity index (χ0v) is 9.63. The second-order valence-corrected chi connectivity index (χ2v) is 3.67. The van der Waals surface area contributed by atoms with Gasteiger partial charge in [-0.3, -0.25) is 0 Å². The third kappa shape index (κ3) is 4.94. The number of ether oxygens (including phenoxy) is 1. The van der Waals surface area contributed by atoms with Crippen molar-refractivity contribution in [2.45, 2.75) is 13.3 Å². The number of benzene rings is 1. The van der Waals surface area contributed by atoms with Crippen molar-refractivity contribution in [1.82, 2.24) is 5.32 Å². The van der Waals surface area contributed by atoms with Crippen molar-refractivity contribution in [3.05, 3.63) is 42.2 Å². The third-order valence-corrected chi connectivity index (χ3v) is 2.04. The number of halogens is 1. The fourth-order valence-corrected chi connectivity index (χ4v) is 1.24. The lowest BCUT2D eigenvalue weighted by molar-refractivity contribution is 0.346. The van der Waals surface area contributed by atoms with E-state index in [0.717, 1.165) is 25.1 Å². The zero-order valence-electron chi connectivity index (χ0n) is 9.63. The first-order valence-electron chi connectivity index (χ1n) is 5.48. The summed E-state index contributed by atoms with van der Waals surface area (Å²) in [4.78, 5) is 0. The molecule has 0 bridgehead atoms. The highest BCUT2D eigenvalue weighted by Gasteiger charge is 1.98. The molecule has 3 heteroatoms. The summed E-state index contributed by atoms with van der Waals surface area (Å²) in [6.45, 7) is 8.12. The number of hydrogen-bond donors (Lipinski definition) is 1. The van der Waals surface area contributed by atoms with E-state index < -0.39 is 0 Å². The Kier molecular flexibility index (Phi) is 5.57. The molecule has 1 aromatic carbocycles. The second kappa shape index (κ2) is 7.01. The van der Waals surface area contributed by atoms with Crippen LogP contribution in [0.4, 0.5) is 4.39 Å². The summed E-state index contributed by atoms with van der Waals surface area (Å²) in [7, 11) is 0. The second-order valence-electron chi connectivity index (χ2n) is 3.67. The van der Waals surface area contributed by atoms with Crippen LogP contribution in [0.3, 0.4) is 0 Å². The zero-order chi connectivity index (χ0) is 11.8. The van der Waals surface area contributed by atoms with Crippen LogP contribution in [0.5, 0.6) is 5.75 Å². The van der Waals surface area contributed by atoms with E-state index >= 15 is 0 Å². The predicted octanol–water partition coefficient (Wildman–Crippen LogP) is 2.76. The van der Waals surface area contributed by atoms with Crippen molar-refractivity contribution < 1.29 is 9.13 Å². The van der Waals surface area contributed by atoms with E-state index in [4.69, 9.17) is 4.74 Å². The summed E-state index contributed by atoms with van der Waals surface area (Å²) >= 11 is 0. The lowest BCUT2D eigenvalue weighted by Crippen LogP contribution is -2.20. The lowest BCUT2D eigenvalue weighted by atomic mass is 10.3. The summed E-state index contributed by atoms with van der Waals surface area (Å²) in [5.74, 6) is 0.254. The molecule has 0 amide bonds. The highest BCUT2D eigenvalue weighted by Crippen LogP contribution is 2.12. The SMILES string of the molecule is C=C(CNCCC)COc1cccc(F)c1. The van der Waals surface area contributed by atoms with Crippen molar-refractivity contribution in [1.29, 1.82) is 0 Å². The van der Waals surface area contributed by atoms with Gasteiger partial charge in [0.2, 0.25) is 0 Å². The van der Waals surface area contributed by atoms with Gasteiger partial charge in [-0.05, 0) is 30.7 Å². The van der Waals surface area contributed by atoms with E-state index in [0.29, 0.717) is 12.4 Å². The summed E-state index contributed by atoms with van der Waals surface area (Å²) < 4.78 is 18.2. The molecule has 88 valence electrons. The van der Waals surface area contributed by atoms with E-state index in [1.807, 2.05) is 0 Å². The number of nitrogens with one attached hydrogen (secondary N) is 1. The molecular formula is C13H18FNO. The van der Waals surface area contributed by atoms with Crippen molar-refractivity contribution >= 4 is 0 Å². The maximum atomic E-state index is 12.8. The first kappa shape index (κ1) is 12.7. The van der Waals surface area contributed by atoms with Crippen LogP contribution in [-0.2, 0) is 0 Å². The van der Waals surface area contributed by atoms with Gasteiger partial charge in [0, 0.05) is 12.6 Å². The van der Waals surface area contributed by atoms with Gasteiger partial charge in [-0.25, -0.2) is 4.39 Å². The molecule has 0 aliphatic carbocycles. The summed E-state index contributed by atoms with van der Waals surface area (Å²) in [6, 6.07) is 6.12. The Bertz CT molecular complexity index is 338. The van der Waals surface area contributed by atoms with E-state index in [9.17, 15) is 4.39 Å². The smallest absolute Gasteiger partial charge is 0.126 e. The maximum Gasteiger partial charge on any atom is 0.126 e. The van der Waals surface area contributed by atoms with E-state index in [1.165, 1.54) is 12.1 Å². The van der Waals surface area contributed by atoms with Gasteiger partial charge in [-0.15, -0.1) is 0 Å². The standard InChI is InChI=1S/C13H18FNO/c1-3-7-15-9-11(2)10-16-13-6-4-5-12(14)8-13/h4-6,8,15H,2-3,7,9-10H2,1H3. The van der Waals surface area contributed by atoms with Crippen molar-refractivity contribution in [2.75, 3.05) is 19.7 Å². The molecule has 0 aliphatic rings. The van der Waals surface area contributed by atoms with Gasteiger partial charge >= 0.3 is 0 Å². The Hall–Kier alpha value is -1.35. The Morgan fingerprint density at radius 3 is 3.00 bits per heavy atom. The van der Waals surface area contributed by atoms with Crippen molar-refractivity contribution in [2.24, 2.45) is 0 Å². The molecule has 0 fully saturated rings. The molecule has 0 spiro atoms. The van der Waals surface area contributed by atoms with Gasteiger partial charge in [0.25, 0.3) is 0 Å². The molecule has 0 unspecified atom stereocenters. The molecule has 0 radical (unpaired) electrons. The molecule has 0 heterocycles. The van der Waals surface area contributed by atoms with Crippen LogP contribution in [-0.4, -0.2) is 19.7 Å². The minimum absolute atomic E-state index is 0.285. The Labute approximate surface area is 96.1 Å². The van der Waals surface area contributed by atoms with Gasteiger partial charge in [0.15, 0.2) is 0 Å². The van der Waals surface area contributed by atoms with Crippen LogP contribution >= 0.6 is 0 Å². The molecule has 1 N–H and O–H groups in total. The van der Waals surface area contributed by atoms with Gasteiger partial charge < -0.3 is 10.1 Å². The quantitative estimate of drug-likeness (QED) is 0.567. The van der Waals surface area contributed by atoms with Crippen LogP contribution in [0.1, 0.15) is 13.3 Å². The highest BCUT2D eigenvalue weighted by molar-refractivity contribution is 5.23. The molecule has 0 aliphatic heterocycles. The van der Waals surface area contributed by atoms with E-state index in [1.54, 1.807) is 12.1 Å². The summed E-state index contributed by atoms with van der Waals surface area (Å²) in [5, 5.41) is 3.23. The van der Waals surface area contributed by atoms with Gasteiger partial charge in [-0.2, -0.15) is 0 Å². The van der Waals surface area contributed by atoms with Gasteiger partial charge in [0.1, 0.15) is 18.2 Å². The molecule has 0 atom stereocenters. The molecule has 16 heavy (non-hydrogen) atoms. The molecule has 0 aromatic heterocycles. The highest BCUT2D eigenvalue weighted by atomic mass is 19.1. The first-order chi connectivity index (χ1) is 7.72. The van der Waals surface area contributed by atoms with Crippen LogP contribution in [0.2, 0.25) is 0 Å². The van der Waals surface area contributed by atoms with Crippen molar-refractivity contribution in [3.8, 4) is 5.75 Å². The monoisotopic (exact) mass is 223 g/mol. The molecule has 1 aromatic rings. The van der Waals surface area contributed by atoms with Crippen molar-refractivity contribution in [3.63, 3.8) is 0 Å². The minimum Gasteiger partial charge on any atom is -0.489 e. The predicted molar refractivity (Wildman–Crippen MR) is 64.2 cm³/mol. The number of hydrogen-bond acceptors (Lipinski definition) is 2. The summed E-state index contributed by atoms with van der Waals surface area (Å²) in [5.41, 5.74) is 0.956. The normalized spacial score (nSPS) is 10.1. The van der Waals surface area contributed by atoms with E-state index in [2.05, 4.69) is 18.8 Å². The Balaban J connectivity index is 2.26. The average molecular weight is 223 g/mol. The third-order valence-electron chi connectivity index (χ3n) is 2.04. The summed E-state index contributed by atoms with van der Waals surface area (Å²) in [6.07, 6.45) is 1.10. The minimum atomic E-state index is -0.285.